The van der Waals surface area contributed by atoms with E-state index in [1.165, 1.54) is 12.0 Å². The van der Waals surface area contributed by atoms with Crippen LogP contribution in [0.3, 0.4) is 0 Å². The summed E-state index contributed by atoms with van der Waals surface area (Å²) >= 11 is 2.03. The number of ether oxygens (including phenoxy) is 1. The number of ketones is 1. The van der Waals surface area contributed by atoms with Gasteiger partial charge in [0.25, 0.3) is 11.8 Å². The first-order valence-electron chi connectivity index (χ1n) is 19.2. The minimum Gasteiger partial charge on any atom is -0.504 e. The van der Waals surface area contributed by atoms with E-state index in [1.54, 1.807) is 60.7 Å². The molecule has 4 aliphatic rings. The highest BCUT2D eigenvalue weighted by Gasteiger charge is 2.70. The van der Waals surface area contributed by atoms with Crippen molar-refractivity contribution in [1.29, 1.82) is 0 Å². The van der Waals surface area contributed by atoms with Gasteiger partial charge in [-0.2, -0.15) is 5.01 Å². The number of phenolic OH excluding ortho intramolecular Hbond substituents is 1. The van der Waals surface area contributed by atoms with Crippen molar-refractivity contribution in [3.05, 3.63) is 164 Å². The predicted octanol–water partition coefficient (Wildman–Crippen LogP) is 7.73. The molecule has 0 spiro atoms. The molecular formula is C47H38IN3O7. The molecule has 290 valence electrons. The van der Waals surface area contributed by atoms with Gasteiger partial charge in [0.15, 0.2) is 17.3 Å². The molecular weight excluding hydrogens is 845 g/mol. The second kappa shape index (κ2) is 14.4. The van der Waals surface area contributed by atoms with Crippen molar-refractivity contribution in [2.75, 3.05) is 17.4 Å². The van der Waals surface area contributed by atoms with Crippen molar-refractivity contribution in [1.82, 2.24) is 5.01 Å². The lowest BCUT2D eigenvalue weighted by molar-refractivity contribution is -0.138. The first kappa shape index (κ1) is 37.5. The van der Waals surface area contributed by atoms with Gasteiger partial charge in [-0.15, -0.1) is 0 Å². The molecule has 1 saturated carbocycles. The Morgan fingerprint density at radius 3 is 2.14 bits per heavy atom. The maximum atomic E-state index is 15.4. The molecule has 2 N–H and O–H groups in total. The maximum absolute atomic E-state index is 15.4. The molecule has 9 rings (SSSR count). The Hall–Kier alpha value is -6.08. The Kier molecular flexibility index (Phi) is 9.30. The van der Waals surface area contributed by atoms with Crippen molar-refractivity contribution in [2.24, 2.45) is 23.7 Å². The molecule has 4 amide bonds. The summed E-state index contributed by atoms with van der Waals surface area (Å²) < 4.78 is 6.13. The number of allylic oxidation sites excluding steroid dienone is 2. The summed E-state index contributed by atoms with van der Waals surface area (Å²) in [5.41, 5.74) is 6.61. The largest absolute Gasteiger partial charge is 0.504 e. The topological polar surface area (TPSA) is 133 Å². The number of hydrazine groups is 1. The van der Waals surface area contributed by atoms with Gasteiger partial charge in [-0.05, 0) is 108 Å². The number of rotatable bonds is 8. The van der Waals surface area contributed by atoms with E-state index < -0.39 is 46.8 Å². The van der Waals surface area contributed by atoms with E-state index in [9.17, 15) is 24.3 Å². The van der Waals surface area contributed by atoms with E-state index >= 15 is 4.79 Å². The number of benzene rings is 5. The molecule has 5 aromatic carbocycles. The van der Waals surface area contributed by atoms with Crippen LogP contribution in [0.5, 0.6) is 11.5 Å². The zero-order valence-corrected chi connectivity index (χ0v) is 33.8. The Labute approximate surface area is 348 Å². The number of halogens is 1. The average molecular weight is 884 g/mol. The number of aromatic hydroxyl groups is 1. The molecule has 0 unspecified atom stereocenters. The fourth-order valence-electron chi connectivity index (χ4n) is 9.81. The van der Waals surface area contributed by atoms with Crippen LogP contribution in [0, 0.1) is 34.2 Å². The number of methoxy groups -OCH3 is 1. The summed E-state index contributed by atoms with van der Waals surface area (Å²) in [7, 11) is 1.46. The molecule has 2 aliphatic carbocycles. The molecule has 0 radical (unpaired) electrons. The van der Waals surface area contributed by atoms with Gasteiger partial charge in [0, 0.05) is 17.0 Å². The number of aryl methyl sites for hydroxylation is 1. The van der Waals surface area contributed by atoms with E-state index in [2.05, 4.69) is 5.43 Å². The van der Waals surface area contributed by atoms with E-state index in [0.29, 0.717) is 37.2 Å². The van der Waals surface area contributed by atoms with Gasteiger partial charge in [0.2, 0.25) is 11.8 Å². The number of fused-ring (bicyclic) bond motifs is 4. The fourth-order valence-corrected chi connectivity index (χ4v) is 10.4. The Bertz CT molecular complexity index is 2540. The molecule has 0 aromatic heterocycles. The van der Waals surface area contributed by atoms with Crippen LogP contribution in [0.4, 0.5) is 11.4 Å². The number of amides is 4. The van der Waals surface area contributed by atoms with Crippen LogP contribution in [-0.2, 0) is 24.6 Å². The van der Waals surface area contributed by atoms with Gasteiger partial charge in [0.05, 0.1) is 45.2 Å². The quantitative estimate of drug-likeness (QED) is 0.0701. The minimum absolute atomic E-state index is 0.0533. The first-order valence-corrected chi connectivity index (χ1v) is 20.2. The number of nitrogens with one attached hydrogen (secondary N) is 1. The third kappa shape index (κ3) is 5.69. The van der Waals surface area contributed by atoms with E-state index in [0.717, 1.165) is 16.1 Å². The highest BCUT2D eigenvalue weighted by atomic mass is 127. The summed E-state index contributed by atoms with van der Waals surface area (Å²) in [5, 5.41) is 12.1. The van der Waals surface area contributed by atoms with Crippen molar-refractivity contribution in [3.8, 4) is 11.5 Å². The number of imide groups is 2. The molecule has 5 aromatic rings. The van der Waals surface area contributed by atoms with E-state index in [-0.39, 0.29) is 41.9 Å². The Morgan fingerprint density at radius 1 is 0.810 bits per heavy atom. The molecule has 2 heterocycles. The van der Waals surface area contributed by atoms with Gasteiger partial charge in [-0.25, -0.2) is 0 Å². The summed E-state index contributed by atoms with van der Waals surface area (Å²) in [6.45, 7) is 1.95. The normalized spacial score (nSPS) is 24.9. The third-order valence-electron chi connectivity index (χ3n) is 12.4. The van der Waals surface area contributed by atoms with Gasteiger partial charge >= 0.3 is 0 Å². The molecule has 0 bridgehead atoms. The highest BCUT2D eigenvalue weighted by molar-refractivity contribution is 14.1. The molecule has 10 nitrogen and oxygen atoms in total. The number of anilines is 2. The van der Waals surface area contributed by atoms with E-state index in [4.69, 9.17) is 4.74 Å². The zero-order chi connectivity index (χ0) is 40.5. The smallest absolute Gasteiger partial charge is 0.260 e. The SMILES string of the molecule is COc1cc([C@H]2C3=CC[C@@H]4C(=O)N(c5ccc(C(=O)c6ccccc6)cc5)C(=O)[C@@H]4[C@@H]3C[C@H]3C(=O)N(Nc4ccc(C)cc4)C(=O)[C@@]23c2ccccc2)cc(I)c1O. The third-order valence-corrected chi connectivity index (χ3v) is 13.2. The van der Waals surface area contributed by atoms with Crippen LogP contribution in [0.2, 0.25) is 0 Å². The van der Waals surface area contributed by atoms with Crippen LogP contribution < -0.4 is 15.1 Å². The van der Waals surface area contributed by atoms with Crippen LogP contribution in [0.1, 0.15) is 51.4 Å². The van der Waals surface area contributed by atoms with Gasteiger partial charge < -0.3 is 9.84 Å². The number of carbonyl (C=O) groups excluding carboxylic acids is 5. The van der Waals surface area contributed by atoms with Crippen LogP contribution in [0.25, 0.3) is 0 Å². The fraction of sp³-hybridized carbons (Fsp3) is 0.213. The maximum Gasteiger partial charge on any atom is 0.260 e. The molecule has 6 atom stereocenters. The van der Waals surface area contributed by atoms with Crippen molar-refractivity contribution < 1.29 is 33.8 Å². The standard InChI is InChI=1S/C47H38IN3O7/c1-26-13-17-31(18-14-26)49-51-44(55)36-25-35-33(40(29-23-37(48)42(53)38(24-29)58-2)47(36,46(51)57)30-11-7-4-8-12-30)21-22-34-39(35)45(56)50(43(34)54)32-19-15-28(16-20-32)41(52)27-9-5-3-6-10-27/h3-21,23-24,34-36,39-40,49,53H,22,25H2,1-2H3/t34-,35+,36-,39-,40-,47+/m0/s1. The Morgan fingerprint density at radius 2 is 1.47 bits per heavy atom. The van der Waals surface area contributed by atoms with Crippen LogP contribution in [-0.4, -0.2) is 46.6 Å². The number of hydrogen-bond acceptors (Lipinski definition) is 8. The number of hydrogen-bond donors (Lipinski definition) is 2. The predicted molar refractivity (Wildman–Crippen MR) is 225 cm³/mol. The number of carbonyl (C=O) groups is 5. The van der Waals surface area contributed by atoms with E-state index in [1.807, 2.05) is 96.3 Å². The minimum atomic E-state index is -1.47. The average Bonchev–Trinajstić information content (AvgIpc) is 3.63. The van der Waals surface area contributed by atoms with Crippen molar-refractivity contribution in [2.45, 2.75) is 31.1 Å². The zero-order valence-electron chi connectivity index (χ0n) is 31.6. The Balaban J connectivity index is 1.17. The molecule has 2 saturated heterocycles. The summed E-state index contributed by atoms with van der Waals surface area (Å²) in [5.74, 6) is -5.45. The lowest BCUT2D eigenvalue weighted by Gasteiger charge is -2.50. The summed E-state index contributed by atoms with van der Waals surface area (Å²) in [6, 6.07) is 35.6. The highest BCUT2D eigenvalue weighted by Crippen LogP contribution is 2.64. The summed E-state index contributed by atoms with van der Waals surface area (Å²) in [4.78, 5) is 73.9. The second-order valence-electron chi connectivity index (χ2n) is 15.4. The van der Waals surface area contributed by atoms with Crippen LogP contribution >= 0.6 is 22.6 Å². The summed E-state index contributed by atoms with van der Waals surface area (Å²) in [6.07, 6.45) is 2.38. The van der Waals surface area contributed by atoms with Gasteiger partial charge in [-0.1, -0.05) is 90.0 Å². The monoisotopic (exact) mass is 883 g/mol. The number of nitrogens with zero attached hydrogens (tertiary/aromatic N) is 2. The molecule has 3 fully saturated rings. The second-order valence-corrected chi connectivity index (χ2v) is 16.6. The van der Waals surface area contributed by atoms with Crippen LogP contribution in [0.15, 0.2) is 133 Å². The van der Waals surface area contributed by atoms with Gasteiger partial charge in [0.1, 0.15) is 0 Å². The molecule has 11 heteroatoms. The first-order chi connectivity index (χ1) is 28.0. The lowest BCUT2D eigenvalue weighted by atomic mass is 9.49. The van der Waals surface area contributed by atoms with Crippen molar-refractivity contribution in [3.63, 3.8) is 0 Å². The molecule has 58 heavy (non-hydrogen) atoms. The molecule has 2 aliphatic heterocycles. The number of phenols is 1. The lowest BCUT2D eigenvalue weighted by Crippen LogP contribution is -2.53. The van der Waals surface area contributed by atoms with Gasteiger partial charge in [-0.3, -0.25) is 34.3 Å². The van der Waals surface area contributed by atoms with Crippen molar-refractivity contribution >= 4 is 63.4 Å².